The summed E-state index contributed by atoms with van der Waals surface area (Å²) in [5.41, 5.74) is 6.62. The number of hydrogen-bond acceptors (Lipinski definition) is 5. The van der Waals surface area contributed by atoms with Crippen LogP contribution in [0.3, 0.4) is 0 Å². The molecule has 1 radical (unpaired) electrons. The molecule has 0 unspecified atom stereocenters. The molecule has 4 aromatic rings. The molecule has 12 heteroatoms. The number of aromatic nitrogens is 4. The van der Waals surface area contributed by atoms with E-state index in [1.807, 2.05) is 67.0 Å². The number of alkyl halides is 1. The number of hydrogen-bond donors (Lipinski definition) is 2. The summed E-state index contributed by atoms with van der Waals surface area (Å²) in [7, 11) is 5.35. The van der Waals surface area contributed by atoms with E-state index in [0.29, 0.717) is 12.2 Å². The molecule has 43 heavy (non-hydrogen) atoms. The largest absolute Gasteiger partial charge is 0.503 e. The summed E-state index contributed by atoms with van der Waals surface area (Å²) >= 11 is 5.68. The van der Waals surface area contributed by atoms with Crippen molar-refractivity contribution < 1.29 is 19.0 Å². The number of H-pyrrole nitrogens is 1. The van der Waals surface area contributed by atoms with Gasteiger partial charge in [-0.15, -0.1) is 21.5 Å². The van der Waals surface area contributed by atoms with Crippen molar-refractivity contribution in [2.24, 2.45) is 4.99 Å². The molecule has 0 atom stereocenters. The van der Waals surface area contributed by atoms with Gasteiger partial charge in [-0.05, 0) is 65.6 Å². The van der Waals surface area contributed by atoms with Crippen LogP contribution in [0.1, 0.15) is 35.9 Å². The van der Waals surface area contributed by atoms with Gasteiger partial charge in [0, 0.05) is 35.0 Å². The number of benzene rings is 2. The van der Waals surface area contributed by atoms with Crippen molar-refractivity contribution in [3.05, 3.63) is 101 Å². The van der Waals surface area contributed by atoms with Crippen LogP contribution < -0.4 is 19.5 Å². The third-order valence-electron chi connectivity index (χ3n) is 7.35. The number of allylic oxidation sites excluding steroid dienone is 1. The molecular weight excluding hydrogens is 565 g/mol. The summed E-state index contributed by atoms with van der Waals surface area (Å²) < 4.78 is 15.1. The van der Waals surface area contributed by atoms with Crippen LogP contribution in [-0.2, 0) is 17.8 Å². The highest BCUT2D eigenvalue weighted by Crippen LogP contribution is 2.37. The second-order valence-electron chi connectivity index (χ2n) is 10.1. The third kappa shape index (κ3) is 5.55. The lowest BCUT2D eigenvalue weighted by Gasteiger charge is -2.28. The standard InChI is InChI=1S/C31H30BClN7O3/c1-4-5-23-19-38(37-36-23)30-15-12-26-31(20-6-8-22(9-7-20)35-29(41)17-33)25-11-14-28(39(25)32-40(26)30)34-18-21-16-24(42-2)10-13-27(21)43-3/h6-16,19H,4-5,17-18H2,1-3H3,(H,34,35,41)/p+1. The minimum absolute atomic E-state index is 0.0993. The molecule has 2 aromatic carbocycles. The van der Waals surface area contributed by atoms with Gasteiger partial charge in [-0.2, -0.15) is 0 Å². The molecule has 0 aliphatic carbocycles. The zero-order chi connectivity index (χ0) is 29.9. The van der Waals surface area contributed by atoms with E-state index in [9.17, 15) is 4.79 Å². The number of methoxy groups -OCH3 is 2. The smallest absolute Gasteiger partial charge is 0.497 e. The van der Waals surface area contributed by atoms with Gasteiger partial charge in [-0.1, -0.05) is 19.1 Å². The second kappa shape index (κ2) is 12.2. The average molecular weight is 596 g/mol. The van der Waals surface area contributed by atoms with Crippen LogP contribution in [0.5, 0.6) is 11.5 Å². The molecule has 2 aliphatic heterocycles. The Balaban J connectivity index is 1.41. The van der Waals surface area contributed by atoms with Crippen molar-refractivity contribution in [2.75, 3.05) is 25.4 Å². The highest BCUT2D eigenvalue weighted by atomic mass is 35.5. The number of aryl methyl sites for hydroxylation is 1. The first-order valence-electron chi connectivity index (χ1n) is 14.0. The van der Waals surface area contributed by atoms with Gasteiger partial charge in [-0.3, -0.25) is 14.3 Å². The van der Waals surface area contributed by atoms with Crippen molar-refractivity contribution >= 4 is 42.2 Å². The first kappa shape index (κ1) is 28.4. The van der Waals surface area contributed by atoms with Gasteiger partial charge in [0.25, 0.3) is 0 Å². The first-order valence-corrected chi connectivity index (χ1v) is 14.5. The van der Waals surface area contributed by atoms with Gasteiger partial charge in [0.05, 0.1) is 26.5 Å². The van der Waals surface area contributed by atoms with Crippen LogP contribution in [0.15, 0.2) is 83.6 Å². The summed E-state index contributed by atoms with van der Waals surface area (Å²) in [6.45, 7) is 2.54. The Bertz CT molecular complexity index is 1760. The van der Waals surface area contributed by atoms with Crippen LogP contribution in [-0.4, -0.2) is 59.0 Å². The Labute approximate surface area is 255 Å². The molecule has 217 valence electrons. The lowest BCUT2D eigenvalue weighted by atomic mass is 9.91. The fourth-order valence-electron chi connectivity index (χ4n) is 5.30. The number of nitrogens with one attached hydrogen (secondary N) is 2. The SMILES string of the molecule is CCCc1c[n+](-c2ccc3n2[B]N2C(=NCc4cc(OC)ccc4OC)C=CC2=C3c2ccc(NC(=O)CCl)cc2)[nH]n1. The van der Waals surface area contributed by atoms with Crippen molar-refractivity contribution in [3.8, 4) is 17.3 Å². The maximum atomic E-state index is 11.8. The number of anilines is 1. The maximum Gasteiger partial charge on any atom is 0.503 e. The number of rotatable bonds is 10. The number of carbonyl (C=O) groups excluding carboxylic acids is 1. The zero-order valence-electron chi connectivity index (χ0n) is 24.2. The Kier molecular flexibility index (Phi) is 8.06. The summed E-state index contributed by atoms with van der Waals surface area (Å²) in [5.74, 6) is 2.85. The van der Waals surface area contributed by atoms with E-state index < -0.39 is 0 Å². The lowest BCUT2D eigenvalue weighted by Crippen LogP contribution is -2.43. The molecular formula is C31H31BClN7O3+. The van der Waals surface area contributed by atoms with Crippen LogP contribution in [0.2, 0.25) is 0 Å². The van der Waals surface area contributed by atoms with Crippen molar-refractivity contribution in [1.82, 2.24) is 19.6 Å². The minimum atomic E-state index is -0.250. The number of amidine groups is 1. The number of ether oxygens (including phenoxy) is 2. The first-order chi connectivity index (χ1) is 21.0. The van der Waals surface area contributed by atoms with Crippen molar-refractivity contribution in [1.29, 1.82) is 0 Å². The normalized spacial score (nSPS) is 14.5. The molecule has 0 fully saturated rings. The molecule has 1 amide bonds. The molecule has 2 aliphatic rings. The molecule has 6 rings (SSSR count). The summed E-state index contributed by atoms with van der Waals surface area (Å²) in [6, 6.07) is 17.6. The number of amides is 1. The molecule has 10 nitrogen and oxygen atoms in total. The summed E-state index contributed by atoms with van der Waals surface area (Å²) in [6.07, 6.45) is 8.03. The van der Waals surface area contributed by atoms with Gasteiger partial charge in [0.15, 0.2) is 5.69 Å². The Hall–Kier alpha value is -4.77. The number of aromatic amines is 1. The summed E-state index contributed by atoms with van der Waals surface area (Å²) in [4.78, 5) is 18.9. The lowest BCUT2D eigenvalue weighted by molar-refractivity contribution is -0.663. The van der Waals surface area contributed by atoms with E-state index in [1.54, 1.807) is 14.2 Å². The van der Waals surface area contributed by atoms with E-state index in [1.165, 1.54) is 0 Å². The number of carbonyl (C=O) groups is 1. The fraction of sp³-hybridized carbons (Fsp3) is 0.226. The van der Waals surface area contributed by atoms with Crippen LogP contribution >= 0.6 is 11.6 Å². The van der Waals surface area contributed by atoms with Crippen LogP contribution in [0.25, 0.3) is 11.4 Å². The van der Waals surface area contributed by atoms with Crippen molar-refractivity contribution in [2.45, 2.75) is 26.3 Å². The van der Waals surface area contributed by atoms with E-state index in [4.69, 9.17) is 26.1 Å². The van der Waals surface area contributed by atoms with Crippen LogP contribution in [0, 0.1) is 0 Å². The minimum Gasteiger partial charge on any atom is -0.497 e. The van der Waals surface area contributed by atoms with Crippen LogP contribution in [0.4, 0.5) is 5.69 Å². The highest BCUT2D eigenvalue weighted by Gasteiger charge is 2.36. The third-order valence-corrected chi connectivity index (χ3v) is 7.59. The number of halogens is 1. The quantitative estimate of drug-likeness (QED) is 0.162. The molecule has 0 bridgehead atoms. The molecule has 0 spiro atoms. The Morgan fingerprint density at radius 3 is 2.70 bits per heavy atom. The highest BCUT2D eigenvalue weighted by molar-refractivity contribution is 6.41. The summed E-state index contributed by atoms with van der Waals surface area (Å²) in [5, 5.41) is 10.4. The Morgan fingerprint density at radius 2 is 1.95 bits per heavy atom. The second-order valence-corrected chi connectivity index (χ2v) is 10.4. The number of aliphatic imine (C=N–C) groups is 1. The van der Waals surface area contributed by atoms with Gasteiger partial charge in [0.2, 0.25) is 11.7 Å². The van der Waals surface area contributed by atoms with Gasteiger partial charge in [-0.25, -0.2) is 0 Å². The maximum absolute atomic E-state index is 11.8. The van der Waals surface area contributed by atoms with E-state index in [2.05, 4.69) is 50.1 Å². The molecule has 4 heterocycles. The molecule has 2 N–H and O–H groups in total. The molecule has 0 saturated heterocycles. The van der Waals surface area contributed by atoms with E-state index >= 15 is 0 Å². The predicted octanol–water partition coefficient (Wildman–Crippen LogP) is 4.26. The van der Waals surface area contributed by atoms with E-state index in [0.717, 1.165) is 69.8 Å². The number of nitrogens with zero attached hydrogens (tertiary/aromatic N) is 5. The topological polar surface area (TPSA) is 101 Å². The van der Waals surface area contributed by atoms with Crippen molar-refractivity contribution in [3.63, 3.8) is 0 Å². The van der Waals surface area contributed by atoms with Gasteiger partial charge >= 0.3 is 7.55 Å². The number of fused-ring (bicyclic) bond motifs is 2. The zero-order valence-corrected chi connectivity index (χ0v) is 24.9. The van der Waals surface area contributed by atoms with Gasteiger partial charge < -0.3 is 19.6 Å². The predicted molar refractivity (Wildman–Crippen MR) is 167 cm³/mol. The van der Waals surface area contributed by atoms with Gasteiger partial charge in [0.1, 0.15) is 29.4 Å². The van der Waals surface area contributed by atoms with E-state index in [-0.39, 0.29) is 11.8 Å². The molecule has 2 aromatic heterocycles. The average Bonchev–Trinajstić information content (AvgIpc) is 3.78. The monoisotopic (exact) mass is 595 g/mol. The Morgan fingerprint density at radius 1 is 1.12 bits per heavy atom. The fourth-order valence-corrected chi connectivity index (χ4v) is 5.36. The molecule has 0 saturated carbocycles.